The average molecular weight is 317 g/mol. The van der Waals surface area contributed by atoms with Gasteiger partial charge in [-0.05, 0) is 41.6 Å². The standard InChI is InChI=1S/C10H8INO3/c1-2-14-10(13)7(6-12)5-8-3-4-9(11)15-8/h3-5H,2H2,1H3/b7-5-. The molecule has 0 fully saturated rings. The van der Waals surface area contributed by atoms with Crippen molar-refractivity contribution in [2.45, 2.75) is 6.92 Å². The van der Waals surface area contributed by atoms with Gasteiger partial charge in [0.05, 0.1) is 6.61 Å². The van der Waals surface area contributed by atoms with Gasteiger partial charge in [0.15, 0.2) is 3.77 Å². The summed E-state index contributed by atoms with van der Waals surface area (Å²) < 4.78 is 10.6. The molecule has 0 unspecified atom stereocenters. The van der Waals surface area contributed by atoms with Crippen LogP contribution in [0.25, 0.3) is 6.08 Å². The van der Waals surface area contributed by atoms with Gasteiger partial charge in [0.2, 0.25) is 0 Å². The molecule has 15 heavy (non-hydrogen) atoms. The summed E-state index contributed by atoms with van der Waals surface area (Å²) >= 11 is 2.00. The van der Waals surface area contributed by atoms with Crippen LogP contribution in [0.3, 0.4) is 0 Å². The summed E-state index contributed by atoms with van der Waals surface area (Å²) in [6.07, 6.45) is 1.36. The Morgan fingerprint density at radius 3 is 2.93 bits per heavy atom. The maximum absolute atomic E-state index is 11.2. The molecule has 0 spiro atoms. The van der Waals surface area contributed by atoms with Gasteiger partial charge < -0.3 is 9.15 Å². The highest BCUT2D eigenvalue weighted by Gasteiger charge is 2.10. The number of carbonyl (C=O) groups excluding carboxylic acids is 1. The second-order valence-electron chi connectivity index (χ2n) is 2.53. The largest absolute Gasteiger partial charge is 0.462 e. The molecule has 0 amide bonds. The van der Waals surface area contributed by atoms with Gasteiger partial charge in [-0.15, -0.1) is 0 Å². The molecule has 1 heterocycles. The Morgan fingerprint density at radius 2 is 2.47 bits per heavy atom. The first-order chi connectivity index (χ1) is 7.17. The summed E-state index contributed by atoms with van der Waals surface area (Å²) in [6.45, 7) is 1.93. The van der Waals surface area contributed by atoms with E-state index in [1.165, 1.54) is 6.08 Å². The molecule has 0 bridgehead atoms. The lowest BCUT2D eigenvalue weighted by molar-refractivity contribution is -0.137. The van der Waals surface area contributed by atoms with Crippen LogP contribution < -0.4 is 0 Å². The predicted octanol–water partition coefficient (Wildman–Crippen LogP) is 2.35. The lowest BCUT2D eigenvalue weighted by Crippen LogP contribution is -2.05. The third-order valence-electron chi connectivity index (χ3n) is 1.50. The zero-order valence-electron chi connectivity index (χ0n) is 7.99. The number of furan rings is 1. The predicted molar refractivity (Wildman–Crippen MR) is 61.6 cm³/mol. The van der Waals surface area contributed by atoms with E-state index in [1.54, 1.807) is 25.1 Å². The van der Waals surface area contributed by atoms with E-state index in [2.05, 4.69) is 0 Å². The molecule has 0 aliphatic rings. The first-order valence-electron chi connectivity index (χ1n) is 4.21. The molecule has 0 aromatic carbocycles. The highest BCUT2D eigenvalue weighted by Crippen LogP contribution is 2.13. The average Bonchev–Trinajstić information content (AvgIpc) is 2.61. The lowest BCUT2D eigenvalue weighted by atomic mass is 10.2. The maximum Gasteiger partial charge on any atom is 0.349 e. The topological polar surface area (TPSA) is 63.2 Å². The Balaban J connectivity index is 2.88. The van der Waals surface area contributed by atoms with Gasteiger partial charge >= 0.3 is 5.97 Å². The van der Waals surface area contributed by atoms with E-state index in [-0.39, 0.29) is 12.2 Å². The van der Waals surface area contributed by atoms with Crippen molar-refractivity contribution in [1.29, 1.82) is 5.26 Å². The zero-order chi connectivity index (χ0) is 11.3. The third-order valence-corrected chi connectivity index (χ3v) is 2.08. The molecule has 5 heteroatoms. The third kappa shape index (κ3) is 3.40. The maximum atomic E-state index is 11.2. The molecule has 0 N–H and O–H groups in total. The molecular weight excluding hydrogens is 309 g/mol. The van der Waals surface area contributed by atoms with Crippen molar-refractivity contribution in [2.75, 3.05) is 6.61 Å². The van der Waals surface area contributed by atoms with Crippen LogP contribution in [0.1, 0.15) is 12.7 Å². The number of carbonyl (C=O) groups is 1. The van der Waals surface area contributed by atoms with Crippen molar-refractivity contribution in [1.82, 2.24) is 0 Å². The minimum atomic E-state index is -0.633. The molecule has 0 radical (unpaired) electrons. The second kappa shape index (κ2) is 5.56. The van der Waals surface area contributed by atoms with E-state index in [0.717, 1.165) is 0 Å². The highest BCUT2D eigenvalue weighted by atomic mass is 127. The lowest BCUT2D eigenvalue weighted by Gasteiger charge is -1.97. The van der Waals surface area contributed by atoms with Crippen LogP contribution in [0.4, 0.5) is 0 Å². The Labute approximate surface area is 101 Å². The number of hydrogen-bond donors (Lipinski definition) is 0. The summed E-state index contributed by atoms with van der Waals surface area (Å²) in [5.41, 5.74) is -0.0670. The van der Waals surface area contributed by atoms with Crippen molar-refractivity contribution >= 4 is 34.6 Å². The van der Waals surface area contributed by atoms with E-state index < -0.39 is 5.97 Å². The van der Waals surface area contributed by atoms with Crippen LogP contribution in [0, 0.1) is 15.1 Å². The summed E-state index contributed by atoms with van der Waals surface area (Å²) in [4.78, 5) is 11.2. The van der Waals surface area contributed by atoms with Crippen LogP contribution in [-0.4, -0.2) is 12.6 Å². The van der Waals surface area contributed by atoms with Gasteiger partial charge in [-0.1, -0.05) is 0 Å². The first kappa shape index (κ1) is 11.8. The first-order valence-corrected chi connectivity index (χ1v) is 5.29. The van der Waals surface area contributed by atoms with Crippen molar-refractivity contribution in [3.05, 3.63) is 27.2 Å². The number of hydrogen-bond acceptors (Lipinski definition) is 4. The molecule has 0 saturated carbocycles. The monoisotopic (exact) mass is 317 g/mol. The van der Waals surface area contributed by atoms with Gasteiger partial charge in [-0.3, -0.25) is 0 Å². The highest BCUT2D eigenvalue weighted by molar-refractivity contribution is 14.1. The molecule has 1 aromatic heterocycles. The fourth-order valence-corrected chi connectivity index (χ4v) is 1.33. The van der Waals surface area contributed by atoms with Gasteiger partial charge in [-0.2, -0.15) is 5.26 Å². The molecule has 0 aliphatic carbocycles. The Morgan fingerprint density at radius 1 is 1.73 bits per heavy atom. The molecule has 0 saturated heterocycles. The van der Waals surface area contributed by atoms with Gasteiger partial charge in [0.1, 0.15) is 17.4 Å². The van der Waals surface area contributed by atoms with Crippen LogP contribution in [0.5, 0.6) is 0 Å². The SMILES string of the molecule is CCOC(=O)/C(C#N)=C\c1ccc(I)o1. The van der Waals surface area contributed by atoms with Gasteiger partial charge in [0.25, 0.3) is 0 Å². The van der Waals surface area contributed by atoms with E-state index >= 15 is 0 Å². The molecule has 0 aliphatic heterocycles. The molecule has 1 rings (SSSR count). The van der Waals surface area contributed by atoms with Crippen LogP contribution in [0.15, 0.2) is 22.1 Å². The van der Waals surface area contributed by atoms with E-state index in [4.69, 9.17) is 14.4 Å². The fraction of sp³-hybridized carbons (Fsp3) is 0.200. The van der Waals surface area contributed by atoms with Crippen LogP contribution in [-0.2, 0) is 9.53 Å². The fourth-order valence-electron chi connectivity index (χ4n) is 0.894. The number of nitriles is 1. The summed E-state index contributed by atoms with van der Waals surface area (Å²) in [5, 5.41) is 8.73. The zero-order valence-corrected chi connectivity index (χ0v) is 10.1. The molecule has 1 aromatic rings. The minimum absolute atomic E-state index is 0.0670. The molecular formula is C10H8INO3. The van der Waals surface area contributed by atoms with Crippen molar-refractivity contribution in [3.8, 4) is 6.07 Å². The van der Waals surface area contributed by atoms with Crippen molar-refractivity contribution in [2.24, 2.45) is 0 Å². The van der Waals surface area contributed by atoms with Gasteiger partial charge in [0, 0.05) is 6.08 Å². The molecule has 0 atom stereocenters. The normalized spacial score (nSPS) is 10.9. The molecule has 78 valence electrons. The number of rotatable bonds is 3. The quantitative estimate of drug-likeness (QED) is 0.371. The second-order valence-corrected chi connectivity index (χ2v) is 3.60. The van der Waals surface area contributed by atoms with Crippen molar-refractivity contribution in [3.63, 3.8) is 0 Å². The Bertz CT molecular complexity index is 428. The number of halogens is 1. The number of nitrogens with zero attached hydrogens (tertiary/aromatic N) is 1. The minimum Gasteiger partial charge on any atom is -0.462 e. The smallest absolute Gasteiger partial charge is 0.349 e. The van der Waals surface area contributed by atoms with E-state index in [0.29, 0.717) is 9.53 Å². The van der Waals surface area contributed by atoms with E-state index in [1.807, 2.05) is 22.6 Å². The Hall–Kier alpha value is -1.29. The van der Waals surface area contributed by atoms with Crippen LogP contribution >= 0.6 is 22.6 Å². The Kier molecular flexibility index (Phi) is 4.37. The van der Waals surface area contributed by atoms with E-state index in [9.17, 15) is 4.79 Å². The summed E-state index contributed by atoms with van der Waals surface area (Å²) in [5.74, 6) is -0.171. The molecule has 4 nitrogen and oxygen atoms in total. The number of esters is 1. The van der Waals surface area contributed by atoms with Gasteiger partial charge in [-0.25, -0.2) is 4.79 Å². The number of ether oxygens (including phenoxy) is 1. The van der Waals surface area contributed by atoms with Crippen LogP contribution in [0.2, 0.25) is 0 Å². The summed E-state index contributed by atoms with van der Waals surface area (Å²) in [7, 11) is 0. The summed E-state index contributed by atoms with van der Waals surface area (Å²) in [6, 6.07) is 5.19. The van der Waals surface area contributed by atoms with Crippen molar-refractivity contribution < 1.29 is 13.9 Å².